The van der Waals surface area contributed by atoms with Crippen LogP contribution in [0, 0.1) is 5.92 Å². The quantitative estimate of drug-likeness (QED) is 0.229. The van der Waals surface area contributed by atoms with Gasteiger partial charge in [-0.1, -0.05) is 23.7 Å². The van der Waals surface area contributed by atoms with E-state index < -0.39 is 17.5 Å². The van der Waals surface area contributed by atoms with Gasteiger partial charge in [-0.15, -0.1) is 24.8 Å². The number of aromatic hydroxyl groups is 2. The van der Waals surface area contributed by atoms with Crippen LogP contribution in [0.2, 0.25) is 5.02 Å². The number of fused-ring (bicyclic) bond motifs is 1. The van der Waals surface area contributed by atoms with Crippen molar-refractivity contribution in [3.05, 3.63) is 75.5 Å². The molecule has 0 unspecified atom stereocenters. The smallest absolute Gasteiger partial charge is 0.309 e. The Kier molecular flexibility index (Phi) is 11.6. The first kappa shape index (κ1) is 36.1. The lowest BCUT2D eigenvalue weighted by atomic mass is 9.85. The van der Waals surface area contributed by atoms with E-state index in [1.165, 1.54) is 6.07 Å². The second-order valence-corrected chi connectivity index (χ2v) is 12.6. The normalized spacial score (nSPS) is 18.7. The Labute approximate surface area is 290 Å². The van der Waals surface area contributed by atoms with Crippen LogP contribution in [-0.4, -0.2) is 79.5 Å². The number of pyridine rings is 1. The van der Waals surface area contributed by atoms with Crippen molar-refractivity contribution in [3.63, 3.8) is 0 Å². The number of hydrogen-bond acceptors (Lipinski definition) is 10. The van der Waals surface area contributed by atoms with E-state index in [1.54, 1.807) is 30.5 Å². The number of likely N-dealkylation sites (tertiary alicyclic amines) is 1. The van der Waals surface area contributed by atoms with E-state index in [4.69, 9.17) is 20.8 Å². The summed E-state index contributed by atoms with van der Waals surface area (Å²) in [6, 6.07) is 13.5. The highest BCUT2D eigenvalue weighted by molar-refractivity contribution is 6.33. The van der Waals surface area contributed by atoms with Crippen LogP contribution in [-0.2, 0) is 9.53 Å². The number of benzene rings is 2. The summed E-state index contributed by atoms with van der Waals surface area (Å²) in [4.78, 5) is 37.6. The predicted octanol–water partition coefficient (Wildman–Crippen LogP) is 6.08. The lowest BCUT2D eigenvalue weighted by Gasteiger charge is -2.38. The molecule has 2 aliphatic rings. The van der Waals surface area contributed by atoms with Gasteiger partial charge in [0.2, 0.25) is 0 Å². The molecule has 4 aromatic rings. The van der Waals surface area contributed by atoms with Crippen LogP contribution >= 0.6 is 36.4 Å². The summed E-state index contributed by atoms with van der Waals surface area (Å²) in [6.07, 6.45) is 3.03. The molecule has 0 spiro atoms. The monoisotopic (exact) mass is 704 g/mol. The van der Waals surface area contributed by atoms with Crippen molar-refractivity contribution in [3.8, 4) is 22.8 Å². The van der Waals surface area contributed by atoms with E-state index in [2.05, 4.69) is 14.8 Å². The van der Waals surface area contributed by atoms with E-state index in [0.29, 0.717) is 61.6 Å². The SMILES string of the molecule is CN1CC[C@H](c2c(O)cc(O)c3c(=O)cc(-c4ccccc4Cl)oc23)[C@H](OC(=O)C2CCN(c3ccnc(N(C)C)c3)CC2)C1.Cl.Cl. The second kappa shape index (κ2) is 15.0. The minimum Gasteiger partial charge on any atom is -0.507 e. The maximum atomic E-state index is 13.6. The summed E-state index contributed by atoms with van der Waals surface area (Å²) in [6.45, 7) is 2.54. The number of piperidine rings is 2. The zero-order chi connectivity index (χ0) is 31.8. The number of phenolic OH excluding ortho intramolecular Hbond substituents is 2. The van der Waals surface area contributed by atoms with Gasteiger partial charge in [0.05, 0.1) is 10.9 Å². The number of ether oxygens (including phenoxy) is 1. The van der Waals surface area contributed by atoms with Gasteiger partial charge >= 0.3 is 5.97 Å². The number of aromatic nitrogens is 1. The Hall–Kier alpha value is -3.70. The highest BCUT2D eigenvalue weighted by Gasteiger charge is 2.38. The van der Waals surface area contributed by atoms with Crippen molar-refractivity contribution >= 4 is 64.9 Å². The molecule has 252 valence electrons. The lowest BCUT2D eigenvalue weighted by molar-refractivity contribution is -0.158. The van der Waals surface area contributed by atoms with Crippen LogP contribution in [0.1, 0.15) is 30.7 Å². The van der Waals surface area contributed by atoms with Gasteiger partial charge in [0.25, 0.3) is 0 Å². The van der Waals surface area contributed by atoms with Gasteiger partial charge < -0.3 is 34.1 Å². The first-order valence-electron chi connectivity index (χ1n) is 15.2. The fourth-order valence-electron chi connectivity index (χ4n) is 6.46. The molecule has 2 aromatic heterocycles. The summed E-state index contributed by atoms with van der Waals surface area (Å²) < 4.78 is 12.5. The van der Waals surface area contributed by atoms with Crippen LogP contribution in [0.5, 0.6) is 11.5 Å². The average molecular weight is 706 g/mol. The molecule has 2 saturated heterocycles. The van der Waals surface area contributed by atoms with E-state index in [0.717, 1.165) is 17.6 Å². The number of likely N-dealkylation sites (N-methyl/N-ethyl adjacent to an activating group) is 1. The summed E-state index contributed by atoms with van der Waals surface area (Å²) in [5, 5.41) is 22.2. The summed E-state index contributed by atoms with van der Waals surface area (Å²) >= 11 is 6.42. The number of anilines is 2. The van der Waals surface area contributed by atoms with Crippen LogP contribution in [0.25, 0.3) is 22.3 Å². The molecule has 2 aromatic carbocycles. The number of phenols is 2. The Bertz CT molecular complexity index is 1790. The van der Waals surface area contributed by atoms with E-state index in [9.17, 15) is 19.8 Å². The van der Waals surface area contributed by atoms with Gasteiger partial charge in [0, 0.05) is 80.9 Å². The molecular formula is C34H39Cl3N4O6. The van der Waals surface area contributed by atoms with Gasteiger partial charge in [-0.05, 0) is 51.1 Å². The zero-order valence-electron chi connectivity index (χ0n) is 26.4. The van der Waals surface area contributed by atoms with Crippen LogP contribution in [0.15, 0.2) is 63.9 Å². The number of hydrogen-bond donors (Lipinski definition) is 2. The molecule has 0 saturated carbocycles. The molecule has 13 heteroatoms. The molecule has 2 aliphatic heterocycles. The van der Waals surface area contributed by atoms with Gasteiger partial charge in [-0.25, -0.2) is 4.98 Å². The summed E-state index contributed by atoms with van der Waals surface area (Å²) in [5.74, 6) is -0.530. The van der Waals surface area contributed by atoms with Crippen molar-refractivity contribution in [2.45, 2.75) is 31.3 Å². The Morgan fingerprint density at radius 2 is 1.74 bits per heavy atom. The minimum absolute atomic E-state index is 0. The molecule has 0 radical (unpaired) electrons. The fraction of sp³-hybridized carbons (Fsp3) is 0.382. The van der Waals surface area contributed by atoms with Gasteiger partial charge in [0.1, 0.15) is 40.2 Å². The van der Waals surface area contributed by atoms with Crippen LogP contribution < -0.4 is 15.2 Å². The zero-order valence-corrected chi connectivity index (χ0v) is 28.8. The average Bonchev–Trinajstić information content (AvgIpc) is 3.02. The third-order valence-corrected chi connectivity index (χ3v) is 9.25. The third-order valence-electron chi connectivity index (χ3n) is 8.92. The molecule has 10 nitrogen and oxygen atoms in total. The molecule has 4 heterocycles. The Morgan fingerprint density at radius 3 is 2.45 bits per heavy atom. The largest absolute Gasteiger partial charge is 0.507 e. The topological polar surface area (TPSA) is 120 Å². The molecule has 0 aliphatic carbocycles. The van der Waals surface area contributed by atoms with Crippen molar-refractivity contribution < 1.29 is 24.2 Å². The van der Waals surface area contributed by atoms with Gasteiger partial charge in [-0.2, -0.15) is 0 Å². The third kappa shape index (κ3) is 7.41. The molecule has 2 fully saturated rings. The molecule has 47 heavy (non-hydrogen) atoms. The van der Waals surface area contributed by atoms with Crippen molar-refractivity contribution in [1.29, 1.82) is 0 Å². The predicted molar refractivity (Wildman–Crippen MR) is 189 cm³/mol. The number of rotatable bonds is 6. The molecule has 0 amide bonds. The molecule has 2 N–H and O–H groups in total. The van der Waals surface area contributed by atoms with E-state index in [1.807, 2.05) is 38.2 Å². The second-order valence-electron chi connectivity index (χ2n) is 12.1. The maximum Gasteiger partial charge on any atom is 0.309 e. The van der Waals surface area contributed by atoms with E-state index >= 15 is 0 Å². The Morgan fingerprint density at radius 1 is 1.02 bits per heavy atom. The van der Waals surface area contributed by atoms with Crippen molar-refractivity contribution in [2.75, 3.05) is 57.1 Å². The number of halogens is 3. The molecule has 6 rings (SSSR count). The first-order valence-corrected chi connectivity index (χ1v) is 15.5. The summed E-state index contributed by atoms with van der Waals surface area (Å²) in [5.41, 5.74) is 1.51. The van der Waals surface area contributed by atoms with Gasteiger partial charge in [0.15, 0.2) is 5.43 Å². The molecule has 2 atom stereocenters. The standard InChI is InChI=1S/C34H37ClN4O6.2ClH/c1-37(2)30-16-21(8-12-36-30)39-14-9-20(10-15-39)34(43)45-29-19-38(3)13-11-23(29)31-25(40)17-26(41)32-27(42)18-28(44-33(31)32)22-6-4-5-7-24(22)35;;/h4-8,12,16-18,20,23,29,40-41H,9-11,13-15,19H2,1-3H3;2*1H/t23-,29+;;/m0../s1. The number of carbonyl (C=O) groups excluding carboxylic acids is 1. The number of esters is 1. The number of nitrogens with zero attached hydrogens (tertiary/aromatic N) is 4. The van der Waals surface area contributed by atoms with E-state index in [-0.39, 0.29) is 64.9 Å². The molecule has 0 bridgehead atoms. The maximum absolute atomic E-state index is 13.6. The molecular weight excluding hydrogens is 667 g/mol. The lowest BCUT2D eigenvalue weighted by Crippen LogP contribution is -2.45. The number of carbonyl (C=O) groups is 1. The van der Waals surface area contributed by atoms with Crippen molar-refractivity contribution in [1.82, 2.24) is 9.88 Å². The summed E-state index contributed by atoms with van der Waals surface area (Å²) in [7, 11) is 5.86. The van der Waals surface area contributed by atoms with Gasteiger partial charge in [-0.3, -0.25) is 9.59 Å². The fourth-order valence-corrected chi connectivity index (χ4v) is 6.69. The van der Waals surface area contributed by atoms with Crippen LogP contribution in [0.3, 0.4) is 0 Å². The highest BCUT2D eigenvalue weighted by atomic mass is 35.5. The first-order chi connectivity index (χ1) is 21.6. The minimum atomic E-state index is -0.606. The Balaban J connectivity index is 0.00000250. The highest BCUT2D eigenvalue weighted by Crippen LogP contribution is 2.44. The van der Waals surface area contributed by atoms with Crippen LogP contribution in [0.4, 0.5) is 11.5 Å². The van der Waals surface area contributed by atoms with Crippen molar-refractivity contribution in [2.24, 2.45) is 5.92 Å².